The lowest BCUT2D eigenvalue weighted by Crippen LogP contribution is -2.23. The number of sulfonamides is 1. The second-order valence-corrected chi connectivity index (χ2v) is 8.26. The van der Waals surface area contributed by atoms with Crippen molar-refractivity contribution in [2.75, 3.05) is 19.4 Å². The van der Waals surface area contributed by atoms with E-state index < -0.39 is 10.0 Å². The lowest BCUT2D eigenvalue weighted by molar-refractivity contribution is 0.102. The van der Waals surface area contributed by atoms with Crippen LogP contribution in [-0.4, -0.2) is 32.7 Å². The lowest BCUT2D eigenvalue weighted by Gasteiger charge is -2.14. The average molecular weight is 397 g/mol. The van der Waals surface area contributed by atoms with Crippen molar-refractivity contribution in [3.05, 3.63) is 58.1 Å². The highest BCUT2D eigenvalue weighted by molar-refractivity contribution is 9.10. The molecule has 0 aliphatic heterocycles. The summed E-state index contributed by atoms with van der Waals surface area (Å²) in [6.45, 7) is 1.70. The highest BCUT2D eigenvalue weighted by Crippen LogP contribution is 2.21. The molecule has 0 atom stereocenters. The Morgan fingerprint density at radius 1 is 1.09 bits per heavy atom. The molecule has 0 spiro atoms. The van der Waals surface area contributed by atoms with Gasteiger partial charge in [-0.1, -0.05) is 22.0 Å². The van der Waals surface area contributed by atoms with Gasteiger partial charge in [0.2, 0.25) is 10.0 Å². The molecule has 5 nitrogen and oxygen atoms in total. The van der Waals surface area contributed by atoms with Crippen molar-refractivity contribution in [2.45, 2.75) is 11.8 Å². The quantitative estimate of drug-likeness (QED) is 0.861. The molecule has 2 rings (SSSR count). The number of rotatable bonds is 4. The van der Waals surface area contributed by atoms with Gasteiger partial charge in [-0.05, 0) is 48.9 Å². The number of hydrogen-bond donors (Lipinski definition) is 1. The summed E-state index contributed by atoms with van der Waals surface area (Å²) in [6, 6.07) is 11.8. The zero-order valence-corrected chi connectivity index (χ0v) is 15.4. The summed E-state index contributed by atoms with van der Waals surface area (Å²) in [6.07, 6.45) is 0. The van der Waals surface area contributed by atoms with E-state index in [0.29, 0.717) is 16.8 Å². The Morgan fingerprint density at radius 3 is 2.26 bits per heavy atom. The number of nitrogens with zero attached hydrogens (tertiary/aromatic N) is 1. The van der Waals surface area contributed by atoms with Crippen molar-refractivity contribution in [1.82, 2.24) is 4.31 Å². The number of carbonyl (C=O) groups excluding carboxylic acids is 1. The van der Waals surface area contributed by atoms with E-state index in [2.05, 4.69) is 21.2 Å². The Balaban J connectivity index is 2.33. The van der Waals surface area contributed by atoms with Crippen molar-refractivity contribution in [3.8, 4) is 0 Å². The number of aryl methyl sites for hydroxylation is 1. The molecule has 0 aliphatic rings. The molecule has 122 valence electrons. The van der Waals surface area contributed by atoms with Gasteiger partial charge >= 0.3 is 0 Å². The minimum absolute atomic E-state index is 0.131. The maximum Gasteiger partial charge on any atom is 0.255 e. The molecule has 2 aromatic carbocycles. The summed E-state index contributed by atoms with van der Waals surface area (Å²) in [7, 11) is -0.672. The van der Waals surface area contributed by atoms with Gasteiger partial charge in [0.15, 0.2) is 0 Å². The van der Waals surface area contributed by atoms with Crippen LogP contribution >= 0.6 is 15.9 Å². The molecule has 0 aliphatic carbocycles. The van der Waals surface area contributed by atoms with Crippen LogP contribution in [0.2, 0.25) is 0 Å². The van der Waals surface area contributed by atoms with Crippen molar-refractivity contribution in [1.29, 1.82) is 0 Å². The van der Waals surface area contributed by atoms with Crippen molar-refractivity contribution in [2.24, 2.45) is 0 Å². The molecule has 23 heavy (non-hydrogen) atoms. The van der Waals surface area contributed by atoms with E-state index in [0.717, 1.165) is 8.78 Å². The predicted octanol–water partition coefficient (Wildman–Crippen LogP) is 3.26. The predicted molar refractivity (Wildman–Crippen MR) is 94.1 cm³/mol. The van der Waals surface area contributed by atoms with E-state index >= 15 is 0 Å². The molecule has 0 radical (unpaired) electrons. The zero-order valence-electron chi connectivity index (χ0n) is 13.0. The topological polar surface area (TPSA) is 66.5 Å². The Bertz CT molecular complexity index is 831. The number of anilines is 1. The number of halogens is 1. The maximum absolute atomic E-state index is 12.3. The van der Waals surface area contributed by atoms with Crippen LogP contribution in [-0.2, 0) is 10.0 Å². The minimum atomic E-state index is -3.59. The molecule has 0 saturated heterocycles. The molecule has 0 aromatic heterocycles. The van der Waals surface area contributed by atoms with E-state index in [9.17, 15) is 13.2 Å². The summed E-state index contributed by atoms with van der Waals surface area (Å²) in [4.78, 5) is 12.5. The van der Waals surface area contributed by atoms with Gasteiger partial charge in [-0.3, -0.25) is 4.79 Å². The molecule has 1 amide bonds. The first-order valence-electron chi connectivity index (χ1n) is 6.82. The van der Waals surface area contributed by atoms with Crippen LogP contribution in [0.5, 0.6) is 0 Å². The smallest absolute Gasteiger partial charge is 0.255 e. The SMILES string of the molecule is Cc1ccc(C(=O)Nc2ccc(Br)cc2)cc1S(=O)(=O)N(C)C. The van der Waals surface area contributed by atoms with Crippen LogP contribution in [0, 0.1) is 6.92 Å². The molecule has 1 N–H and O–H groups in total. The average Bonchev–Trinajstić information content (AvgIpc) is 2.49. The highest BCUT2D eigenvalue weighted by Gasteiger charge is 2.21. The van der Waals surface area contributed by atoms with Crippen LogP contribution in [0.15, 0.2) is 51.8 Å². The van der Waals surface area contributed by atoms with Crippen LogP contribution in [0.4, 0.5) is 5.69 Å². The van der Waals surface area contributed by atoms with Gasteiger partial charge in [0, 0.05) is 29.8 Å². The molecule has 7 heteroatoms. The van der Waals surface area contributed by atoms with Crippen LogP contribution in [0.3, 0.4) is 0 Å². The van der Waals surface area contributed by atoms with Gasteiger partial charge in [-0.2, -0.15) is 0 Å². The molecule has 0 bridgehead atoms. The van der Waals surface area contributed by atoms with Gasteiger partial charge in [-0.25, -0.2) is 12.7 Å². The fraction of sp³-hybridized carbons (Fsp3) is 0.188. The van der Waals surface area contributed by atoms with Gasteiger partial charge in [-0.15, -0.1) is 0 Å². The van der Waals surface area contributed by atoms with Crippen LogP contribution in [0.1, 0.15) is 15.9 Å². The summed E-state index contributed by atoms with van der Waals surface area (Å²) < 4.78 is 26.7. The largest absolute Gasteiger partial charge is 0.322 e. The molecule has 0 saturated carbocycles. The van der Waals surface area contributed by atoms with Crippen LogP contribution in [0.25, 0.3) is 0 Å². The minimum Gasteiger partial charge on any atom is -0.322 e. The Labute approximate surface area is 144 Å². The Morgan fingerprint density at radius 2 is 1.70 bits per heavy atom. The van der Waals surface area contributed by atoms with Gasteiger partial charge in [0.05, 0.1) is 4.90 Å². The standard InChI is InChI=1S/C16H17BrN2O3S/c1-11-4-5-12(10-15(11)23(21,22)19(2)3)16(20)18-14-8-6-13(17)7-9-14/h4-10H,1-3H3,(H,18,20). The summed E-state index contributed by atoms with van der Waals surface area (Å²) in [5.41, 5.74) is 1.52. The molecular weight excluding hydrogens is 380 g/mol. The first-order chi connectivity index (χ1) is 10.7. The van der Waals surface area contributed by atoms with Crippen LogP contribution < -0.4 is 5.32 Å². The maximum atomic E-state index is 12.3. The normalized spacial score (nSPS) is 11.5. The number of amides is 1. The van der Waals surface area contributed by atoms with E-state index in [1.807, 2.05) is 12.1 Å². The molecule has 0 unspecified atom stereocenters. The fourth-order valence-electron chi connectivity index (χ4n) is 1.95. The Hall–Kier alpha value is -1.70. The summed E-state index contributed by atoms with van der Waals surface area (Å²) in [5, 5.41) is 2.74. The molecule has 0 heterocycles. The third kappa shape index (κ3) is 3.99. The number of nitrogens with one attached hydrogen (secondary N) is 1. The highest BCUT2D eigenvalue weighted by atomic mass is 79.9. The Kier molecular flexibility index (Phi) is 5.23. The molecular formula is C16H17BrN2O3S. The summed E-state index contributed by atoms with van der Waals surface area (Å²) >= 11 is 3.33. The molecule has 2 aromatic rings. The van der Waals surface area contributed by atoms with E-state index in [1.54, 1.807) is 31.2 Å². The van der Waals surface area contributed by atoms with Gasteiger partial charge in [0.25, 0.3) is 5.91 Å². The number of carbonyl (C=O) groups is 1. The number of benzene rings is 2. The third-order valence-electron chi connectivity index (χ3n) is 3.31. The zero-order chi connectivity index (χ0) is 17.2. The van der Waals surface area contributed by atoms with Crippen molar-refractivity contribution >= 4 is 37.5 Å². The first kappa shape index (κ1) is 17.7. The first-order valence-corrected chi connectivity index (χ1v) is 9.05. The summed E-state index contributed by atoms with van der Waals surface area (Å²) in [5.74, 6) is -0.359. The second kappa shape index (κ2) is 6.82. The second-order valence-electron chi connectivity index (χ2n) is 5.23. The monoisotopic (exact) mass is 396 g/mol. The van der Waals surface area contributed by atoms with Gasteiger partial charge < -0.3 is 5.32 Å². The fourth-order valence-corrected chi connectivity index (χ4v) is 3.36. The third-order valence-corrected chi connectivity index (χ3v) is 5.80. The van der Waals surface area contributed by atoms with Gasteiger partial charge in [0.1, 0.15) is 0 Å². The number of hydrogen-bond acceptors (Lipinski definition) is 3. The van der Waals surface area contributed by atoms with E-state index in [4.69, 9.17) is 0 Å². The van der Waals surface area contributed by atoms with Crippen molar-refractivity contribution in [3.63, 3.8) is 0 Å². The molecule has 0 fully saturated rings. The lowest BCUT2D eigenvalue weighted by atomic mass is 10.1. The van der Waals surface area contributed by atoms with Crippen molar-refractivity contribution < 1.29 is 13.2 Å². The van der Waals surface area contributed by atoms with E-state index in [-0.39, 0.29) is 10.8 Å². The van der Waals surface area contributed by atoms with E-state index in [1.165, 1.54) is 20.2 Å².